The number of epoxide rings is 1. The lowest BCUT2D eigenvalue weighted by atomic mass is 10.5. The molecule has 0 bridgehead atoms. The second kappa shape index (κ2) is 5.59. The topological polar surface area (TPSA) is 53.0 Å². The molecule has 1 heterocycles. The van der Waals surface area contributed by atoms with Gasteiger partial charge in [0.25, 0.3) is 0 Å². The van der Waals surface area contributed by atoms with Crippen molar-refractivity contribution in [2.45, 2.75) is 13.0 Å². The summed E-state index contributed by atoms with van der Waals surface area (Å²) in [5.74, 6) is 0. The van der Waals surface area contributed by atoms with Crippen LogP contribution < -0.4 is 0 Å². The highest BCUT2D eigenvalue weighted by atomic mass is 16.6. The zero-order valence-corrected chi connectivity index (χ0v) is 5.45. The summed E-state index contributed by atoms with van der Waals surface area (Å²) in [6.07, 6.45) is 2.75. The van der Waals surface area contributed by atoms with Crippen molar-refractivity contribution in [3.8, 4) is 0 Å². The first-order chi connectivity index (χ1) is 4.35. The van der Waals surface area contributed by atoms with E-state index in [1.165, 1.54) is 0 Å². The van der Waals surface area contributed by atoms with E-state index in [-0.39, 0.29) is 12.7 Å². The van der Waals surface area contributed by atoms with Crippen LogP contribution in [0, 0.1) is 0 Å². The van der Waals surface area contributed by atoms with Gasteiger partial charge < -0.3 is 14.9 Å². The van der Waals surface area contributed by atoms with Crippen LogP contribution in [-0.2, 0) is 4.74 Å². The Labute approximate surface area is 54.6 Å². The van der Waals surface area contributed by atoms with Crippen LogP contribution in [0.25, 0.3) is 0 Å². The summed E-state index contributed by atoms with van der Waals surface area (Å²) in [6, 6.07) is 0. The molecule has 1 rings (SSSR count). The van der Waals surface area contributed by atoms with E-state index in [1.807, 2.05) is 0 Å². The van der Waals surface area contributed by atoms with Crippen molar-refractivity contribution in [2.75, 3.05) is 13.2 Å². The predicted octanol–water partition coefficient (Wildman–Crippen LogP) is 0.456. The number of hydrogen-bond donors (Lipinski definition) is 2. The quantitative estimate of drug-likeness (QED) is 0.402. The maximum absolute atomic E-state index is 8.08. The SMILES string of the molecule is CC=CO.OCC1CO1. The van der Waals surface area contributed by atoms with E-state index in [1.54, 1.807) is 13.0 Å². The van der Waals surface area contributed by atoms with Gasteiger partial charge in [-0.05, 0) is 6.92 Å². The standard InChI is InChI=1S/C3H6O2.C3H6O/c4-1-3-2-5-3;1-2-3-4/h3-4H,1-2H2;2-4H,1H3. The Kier molecular flexibility index (Phi) is 5.26. The van der Waals surface area contributed by atoms with Gasteiger partial charge in [-0.25, -0.2) is 0 Å². The maximum atomic E-state index is 8.08. The Morgan fingerprint density at radius 2 is 2.22 bits per heavy atom. The van der Waals surface area contributed by atoms with Crippen molar-refractivity contribution >= 4 is 0 Å². The highest BCUT2D eigenvalue weighted by molar-refractivity contribution is 4.65. The third-order valence-corrected chi connectivity index (χ3v) is 0.755. The predicted molar refractivity (Wildman–Crippen MR) is 34.3 cm³/mol. The third-order valence-electron chi connectivity index (χ3n) is 0.755. The highest BCUT2D eigenvalue weighted by Crippen LogP contribution is 2.04. The molecule has 1 aliphatic heterocycles. The summed E-state index contributed by atoms with van der Waals surface area (Å²) in [6.45, 7) is 2.70. The summed E-state index contributed by atoms with van der Waals surface area (Å²) < 4.78 is 4.61. The fourth-order valence-corrected chi connectivity index (χ4v) is 0.173. The Bertz CT molecular complexity index is 72.4. The van der Waals surface area contributed by atoms with E-state index in [4.69, 9.17) is 10.2 Å². The van der Waals surface area contributed by atoms with E-state index < -0.39 is 0 Å². The van der Waals surface area contributed by atoms with Crippen molar-refractivity contribution < 1.29 is 14.9 Å². The molecule has 1 aliphatic rings. The summed E-state index contributed by atoms with van der Waals surface area (Å²) in [5.41, 5.74) is 0. The van der Waals surface area contributed by atoms with Crippen molar-refractivity contribution in [1.29, 1.82) is 0 Å². The molecule has 1 fully saturated rings. The molecule has 1 unspecified atom stereocenters. The van der Waals surface area contributed by atoms with E-state index in [0.29, 0.717) is 0 Å². The minimum absolute atomic E-state index is 0.190. The highest BCUT2D eigenvalue weighted by Gasteiger charge is 2.19. The summed E-state index contributed by atoms with van der Waals surface area (Å²) in [7, 11) is 0. The minimum atomic E-state index is 0.190. The first kappa shape index (κ1) is 8.46. The number of aliphatic hydroxyl groups excluding tert-OH is 2. The molecule has 0 amide bonds. The molecule has 3 nitrogen and oxygen atoms in total. The van der Waals surface area contributed by atoms with Crippen LogP contribution in [0.2, 0.25) is 0 Å². The molecular formula is C6H12O3. The van der Waals surface area contributed by atoms with Crippen LogP contribution in [0.4, 0.5) is 0 Å². The van der Waals surface area contributed by atoms with Crippen LogP contribution in [-0.4, -0.2) is 29.5 Å². The monoisotopic (exact) mass is 132 g/mol. The van der Waals surface area contributed by atoms with Gasteiger partial charge in [-0.2, -0.15) is 0 Å². The number of rotatable bonds is 1. The lowest BCUT2D eigenvalue weighted by Gasteiger charge is -1.70. The molecule has 0 saturated carbocycles. The van der Waals surface area contributed by atoms with Crippen molar-refractivity contribution in [3.63, 3.8) is 0 Å². The number of hydrogen-bond acceptors (Lipinski definition) is 3. The van der Waals surface area contributed by atoms with Gasteiger partial charge in [-0.1, -0.05) is 6.08 Å². The molecular weight excluding hydrogens is 120 g/mol. The van der Waals surface area contributed by atoms with Crippen molar-refractivity contribution in [1.82, 2.24) is 0 Å². The number of ether oxygens (including phenoxy) is 1. The van der Waals surface area contributed by atoms with Crippen molar-refractivity contribution in [2.24, 2.45) is 0 Å². The van der Waals surface area contributed by atoms with Gasteiger partial charge >= 0.3 is 0 Å². The number of allylic oxidation sites excluding steroid dienone is 1. The van der Waals surface area contributed by atoms with Gasteiger partial charge in [0, 0.05) is 0 Å². The average molecular weight is 132 g/mol. The average Bonchev–Trinajstić information content (AvgIpc) is 2.70. The van der Waals surface area contributed by atoms with Crippen LogP contribution in [0.1, 0.15) is 6.92 Å². The molecule has 3 heteroatoms. The normalized spacial score (nSPS) is 23.1. The van der Waals surface area contributed by atoms with Gasteiger partial charge in [0.2, 0.25) is 0 Å². The van der Waals surface area contributed by atoms with Gasteiger partial charge in [-0.15, -0.1) is 0 Å². The molecule has 2 N–H and O–H groups in total. The Morgan fingerprint density at radius 3 is 2.22 bits per heavy atom. The van der Waals surface area contributed by atoms with E-state index >= 15 is 0 Å². The minimum Gasteiger partial charge on any atom is -0.516 e. The zero-order valence-electron chi connectivity index (χ0n) is 5.45. The Hall–Kier alpha value is -0.540. The van der Waals surface area contributed by atoms with Crippen LogP contribution in [0.5, 0.6) is 0 Å². The van der Waals surface area contributed by atoms with E-state index in [9.17, 15) is 0 Å². The van der Waals surface area contributed by atoms with Gasteiger partial charge in [-0.3, -0.25) is 0 Å². The molecule has 0 radical (unpaired) electrons. The van der Waals surface area contributed by atoms with E-state index in [2.05, 4.69) is 4.74 Å². The molecule has 1 saturated heterocycles. The van der Waals surface area contributed by atoms with Gasteiger partial charge in [0.15, 0.2) is 0 Å². The second-order valence-electron chi connectivity index (χ2n) is 1.62. The smallest absolute Gasteiger partial charge is 0.104 e. The fourth-order valence-electron chi connectivity index (χ4n) is 0.173. The summed E-state index contributed by atoms with van der Waals surface area (Å²) in [4.78, 5) is 0. The third kappa shape index (κ3) is 7.46. The van der Waals surface area contributed by atoms with Gasteiger partial charge in [0.1, 0.15) is 6.10 Å². The van der Waals surface area contributed by atoms with Crippen LogP contribution in [0.3, 0.4) is 0 Å². The first-order valence-corrected chi connectivity index (χ1v) is 2.83. The molecule has 0 aromatic carbocycles. The summed E-state index contributed by atoms with van der Waals surface area (Å²) >= 11 is 0. The molecule has 0 aromatic rings. The fraction of sp³-hybridized carbons (Fsp3) is 0.667. The molecule has 54 valence electrons. The summed E-state index contributed by atoms with van der Waals surface area (Å²) in [5, 5.41) is 15.8. The molecule has 0 aliphatic carbocycles. The lowest BCUT2D eigenvalue weighted by molar-refractivity contribution is 0.244. The molecule has 0 aromatic heterocycles. The first-order valence-electron chi connectivity index (χ1n) is 2.83. The molecule has 1 atom stereocenters. The Morgan fingerprint density at radius 1 is 1.78 bits per heavy atom. The second-order valence-corrected chi connectivity index (χ2v) is 1.62. The molecule has 9 heavy (non-hydrogen) atoms. The van der Waals surface area contributed by atoms with E-state index in [0.717, 1.165) is 12.9 Å². The van der Waals surface area contributed by atoms with Gasteiger partial charge in [0.05, 0.1) is 19.5 Å². The van der Waals surface area contributed by atoms with Crippen molar-refractivity contribution in [3.05, 3.63) is 12.3 Å². The number of aliphatic hydroxyl groups is 2. The Balaban J connectivity index is 0.000000148. The zero-order chi connectivity index (χ0) is 7.11. The lowest BCUT2D eigenvalue weighted by Crippen LogP contribution is -1.88. The van der Waals surface area contributed by atoms with Crippen LogP contribution in [0.15, 0.2) is 12.3 Å². The largest absolute Gasteiger partial charge is 0.516 e. The maximum Gasteiger partial charge on any atom is 0.104 e. The molecule has 0 spiro atoms. The van der Waals surface area contributed by atoms with Crippen LogP contribution >= 0.6 is 0 Å².